The molecule has 1 fully saturated rings. The molecule has 11 heteroatoms. The number of amides is 1. The molecule has 31 heavy (non-hydrogen) atoms. The van der Waals surface area contributed by atoms with Crippen LogP contribution in [0.1, 0.15) is 21.7 Å². The van der Waals surface area contributed by atoms with Gasteiger partial charge < -0.3 is 4.90 Å². The van der Waals surface area contributed by atoms with Crippen molar-refractivity contribution in [3.05, 3.63) is 75.3 Å². The average molecular weight is 425 g/mol. The molecular formula is C20H20FN7O3. The van der Waals surface area contributed by atoms with Crippen molar-refractivity contribution < 1.29 is 14.1 Å². The molecule has 0 saturated carbocycles. The van der Waals surface area contributed by atoms with Crippen LogP contribution in [0.5, 0.6) is 0 Å². The topological polar surface area (TPSA) is 110 Å². The maximum absolute atomic E-state index is 13.5. The number of nitro benzene ring substituents is 1. The van der Waals surface area contributed by atoms with Gasteiger partial charge in [-0.15, -0.1) is 5.10 Å². The van der Waals surface area contributed by atoms with Gasteiger partial charge in [-0.05, 0) is 41.6 Å². The Morgan fingerprint density at radius 1 is 1.16 bits per heavy atom. The zero-order valence-corrected chi connectivity index (χ0v) is 16.8. The minimum Gasteiger partial charge on any atom is -0.336 e. The van der Waals surface area contributed by atoms with Gasteiger partial charge in [-0.3, -0.25) is 19.8 Å². The first kappa shape index (κ1) is 20.5. The minimum absolute atomic E-state index is 0.0614. The predicted octanol–water partition coefficient (Wildman–Crippen LogP) is 1.98. The Kier molecular flexibility index (Phi) is 5.67. The van der Waals surface area contributed by atoms with Gasteiger partial charge in [-0.1, -0.05) is 12.1 Å². The minimum atomic E-state index is -0.479. The SMILES string of the molecule is Cc1ccc(C(=O)N2CCN(Cc3nnnn3-c3cccc(F)c3)CC2)cc1[N+](=O)[O-]. The van der Waals surface area contributed by atoms with Crippen LogP contribution in [-0.2, 0) is 6.54 Å². The fourth-order valence-electron chi connectivity index (χ4n) is 3.54. The third-order valence-corrected chi connectivity index (χ3v) is 5.26. The van der Waals surface area contributed by atoms with E-state index in [1.165, 1.54) is 22.9 Å². The van der Waals surface area contributed by atoms with E-state index < -0.39 is 4.92 Å². The molecule has 0 bridgehead atoms. The van der Waals surface area contributed by atoms with Gasteiger partial charge in [0.2, 0.25) is 0 Å². The molecule has 3 aromatic rings. The lowest BCUT2D eigenvalue weighted by Crippen LogP contribution is -2.48. The van der Waals surface area contributed by atoms with E-state index in [1.54, 1.807) is 36.1 Å². The van der Waals surface area contributed by atoms with Crippen LogP contribution in [0.25, 0.3) is 5.69 Å². The second-order valence-corrected chi connectivity index (χ2v) is 7.31. The molecule has 1 amide bonds. The molecule has 160 valence electrons. The van der Waals surface area contributed by atoms with Gasteiger partial charge in [0.25, 0.3) is 11.6 Å². The highest BCUT2D eigenvalue weighted by atomic mass is 19.1. The zero-order chi connectivity index (χ0) is 22.0. The number of tetrazole rings is 1. The molecule has 0 atom stereocenters. The van der Waals surface area contributed by atoms with E-state index in [2.05, 4.69) is 20.4 Å². The molecule has 1 saturated heterocycles. The Hall–Kier alpha value is -3.73. The number of hydrogen-bond donors (Lipinski definition) is 0. The number of aromatic nitrogens is 4. The Balaban J connectivity index is 1.40. The van der Waals surface area contributed by atoms with Crippen LogP contribution in [0.3, 0.4) is 0 Å². The molecule has 0 radical (unpaired) electrons. The van der Waals surface area contributed by atoms with Gasteiger partial charge in [0.05, 0.1) is 17.2 Å². The van der Waals surface area contributed by atoms with Gasteiger partial charge in [-0.2, -0.15) is 4.68 Å². The standard InChI is InChI=1S/C20H20FN7O3/c1-14-5-6-15(11-18(14)28(30)31)20(29)26-9-7-25(8-10-26)13-19-22-23-24-27(19)17-4-2-3-16(21)12-17/h2-6,11-12H,7-10,13H2,1H3. The molecule has 2 aromatic carbocycles. The number of benzene rings is 2. The van der Waals surface area contributed by atoms with Crippen LogP contribution in [0.15, 0.2) is 42.5 Å². The summed E-state index contributed by atoms with van der Waals surface area (Å²) in [7, 11) is 0. The first-order valence-corrected chi connectivity index (χ1v) is 9.72. The van der Waals surface area contributed by atoms with Gasteiger partial charge in [-0.25, -0.2) is 4.39 Å². The van der Waals surface area contributed by atoms with E-state index in [4.69, 9.17) is 0 Å². The second-order valence-electron chi connectivity index (χ2n) is 7.31. The van der Waals surface area contributed by atoms with Crippen LogP contribution in [0, 0.1) is 22.9 Å². The number of hydrogen-bond acceptors (Lipinski definition) is 7. The third kappa shape index (κ3) is 4.40. The molecule has 4 rings (SSSR count). The summed E-state index contributed by atoms with van der Waals surface area (Å²) in [6, 6.07) is 10.6. The van der Waals surface area contributed by atoms with Gasteiger partial charge in [0.15, 0.2) is 5.82 Å². The molecular weight excluding hydrogens is 405 g/mol. The van der Waals surface area contributed by atoms with Gasteiger partial charge in [0, 0.05) is 43.4 Å². The molecule has 1 aliphatic heterocycles. The third-order valence-electron chi connectivity index (χ3n) is 5.26. The fourth-order valence-corrected chi connectivity index (χ4v) is 3.54. The summed E-state index contributed by atoms with van der Waals surface area (Å²) in [5.41, 5.74) is 1.30. The Bertz CT molecular complexity index is 1130. The number of piperazine rings is 1. The van der Waals surface area contributed by atoms with Gasteiger partial charge >= 0.3 is 0 Å². The predicted molar refractivity (Wildman–Crippen MR) is 108 cm³/mol. The quantitative estimate of drug-likeness (QED) is 0.454. The van der Waals surface area contributed by atoms with Crippen LogP contribution in [0.4, 0.5) is 10.1 Å². The molecule has 0 aliphatic carbocycles. The van der Waals surface area contributed by atoms with Crippen molar-refractivity contribution >= 4 is 11.6 Å². The van der Waals surface area contributed by atoms with E-state index in [9.17, 15) is 19.3 Å². The Labute approximate surface area is 177 Å². The van der Waals surface area contributed by atoms with Crippen LogP contribution >= 0.6 is 0 Å². The van der Waals surface area contributed by atoms with Crippen molar-refractivity contribution in [1.82, 2.24) is 30.0 Å². The summed E-state index contributed by atoms with van der Waals surface area (Å²) < 4.78 is 15.0. The normalized spacial score (nSPS) is 14.6. The largest absolute Gasteiger partial charge is 0.336 e. The van der Waals surface area contributed by atoms with Crippen LogP contribution in [0.2, 0.25) is 0 Å². The molecule has 0 spiro atoms. The van der Waals surface area contributed by atoms with E-state index in [0.717, 1.165) is 0 Å². The molecule has 10 nitrogen and oxygen atoms in total. The Morgan fingerprint density at radius 2 is 1.94 bits per heavy atom. The first-order valence-electron chi connectivity index (χ1n) is 9.72. The van der Waals surface area contributed by atoms with Crippen LogP contribution in [-0.4, -0.2) is 67.0 Å². The number of nitrogens with zero attached hydrogens (tertiary/aromatic N) is 7. The summed E-state index contributed by atoms with van der Waals surface area (Å²) in [5.74, 6) is -0.0331. The highest BCUT2D eigenvalue weighted by Crippen LogP contribution is 2.21. The van der Waals surface area contributed by atoms with Crippen molar-refractivity contribution in [2.24, 2.45) is 0 Å². The zero-order valence-electron chi connectivity index (χ0n) is 16.8. The Morgan fingerprint density at radius 3 is 2.65 bits per heavy atom. The lowest BCUT2D eigenvalue weighted by Gasteiger charge is -2.34. The maximum atomic E-state index is 13.5. The lowest BCUT2D eigenvalue weighted by atomic mass is 10.1. The van der Waals surface area contributed by atoms with Crippen molar-refractivity contribution in [2.45, 2.75) is 13.5 Å². The summed E-state index contributed by atoms with van der Waals surface area (Å²) in [5, 5.41) is 22.8. The number of carbonyl (C=O) groups is 1. The molecule has 1 aliphatic rings. The highest BCUT2D eigenvalue weighted by molar-refractivity contribution is 5.95. The summed E-state index contributed by atoms with van der Waals surface area (Å²) in [4.78, 5) is 27.2. The van der Waals surface area contributed by atoms with E-state index in [1.807, 2.05) is 0 Å². The number of nitro groups is 1. The lowest BCUT2D eigenvalue weighted by molar-refractivity contribution is -0.385. The van der Waals surface area contributed by atoms with Crippen molar-refractivity contribution in [3.63, 3.8) is 0 Å². The van der Waals surface area contributed by atoms with Crippen molar-refractivity contribution in [2.75, 3.05) is 26.2 Å². The number of halogens is 1. The number of carbonyl (C=O) groups excluding carboxylic acids is 1. The number of rotatable bonds is 5. The van der Waals surface area contributed by atoms with Crippen LogP contribution < -0.4 is 0 Å². The first-order chi connectivity index (χ1) is 14.9. The molecule has 1 aromatic heterocycles. The fraction of sp³-hybridized carbons (Fsp3) is 0.300. The molecule has 2 heterocycles. The average Bonchev–Trinajstić information content (AvgIpc) is 3.22. The second kappa shape index (κ2) is 8.56. The summed E-state index contributed by atoms with van der Waals surface area (Å²) >= 11 is 0. The maximum Gasteiger partial charge on any atom is 0.273 e. The van der Waals surface area contributed by atoms with Crippen molar-refractivity contribution in [3.8, 4) is 5.69 Å². The molecule has 0 N–H and O–H groups in total. The smallest absolute Gasteiger partial charge is 0.273 e. The van der Waals surface area contributed by atoms with E-state index in [-0.39, 0.29) is 17.4 Å². The van der Waals surface area contributed by atoms with Crippen molar-refractivity contribution in [1.29, 1.82) is 0 Å². The number of aryl methyl sites for hydroxylation is 1. The van der Waals surface area contributed by atoms with Gasteiger partial charge in [0.1, 0.15) is 5.82 Å². The van der Waals surface area contributed by atoms with E-state index in [0.29, 0.717) is 55.4 Å². The summed E-state index contributed by atoms with van der Waals surface area (Å²) in [6.07, 6.45) is 0. The van der Waals surface area contributed by atoms with E-state index >= 15 is 0 Å². The highest BCUT2D eigenvalue weighted by Gasteiger charge is 2.25. The monoisotopic (exact) mass is 425 g/mol. The molecule has 0 unspecified atom stereocenters. The summed E-state index contributed by atoms with van der Waals surface area (Å²) in [6.45, 7) is 4.22.